The summed E-state index contributed by atoms with van der Waals surface area (Å²) in [5, 5.41) is 0. The van der Waals surface area contributed by atoms with Crippen molar-refractivity contribution in [3.8, 4) is 0 Å². The van der Waals surface area contributed by atoms with Crippen LogP contribution in [0.3, 0.4) is 0 Å². The molecule has 0 aromatic heterocycles. The smallest absolute Gasteiger partial charge is 0.227 e. The predicted molar refractivity (Wildman–Crippen MR) is 106 cm³/mol. The molecule has 0 N–H and O–H groups in total. The van der Waals surface area contributed by atoms with Crippen LogP contribution in [0.1, 0.15) is 60.3 Å². The SMILES string of the molecule is CC(C)CCC(=O)N1CCN(C(=O)C2CCCN(C(=O)C(C)(C)C)C2)CC1. The summed E-state index contributed by atoms with van der Waals surface area (Å²) in [6.45, 7) is 13.8. The first-order chi connectivity index (χ1) is 12.6. The molecule has 0 bridgehead atoms. The van der Waals surface area contributed by atoms with E-state index in [2.05, 4.69) is 13.8 Å². The van der Waals surface area contributed by atoms with Crippen LogP contribution in [0.15, 0.2) is 0 Å². The average molecular weight is 380 g/mol. The second kappa shape index (κ2) is 9.07. The minimum atomic E-state index is -0.410. The van der Waals surface area contributed by atoms with Crippen molar-refractivity contribution in [1.82, 2.24) is 14.7 Å². The topological polar surface area (TPSA) is 60.9 Å². The van der Waals surface area contributed by atoms with Crippen molar-refractivity contribution in [2.75, 3.05) is 39.3 Å². The number of hydrogen-bond donors (Lipinski definition) is 0. The summed E-state index contributed by atoms with van der Waals surface area (Å²) >= 11 is 0. The van der Waals surface area contributed by atoms with Gasteiger partial charge >= 0.3 is 0 Å². The number of piperidine rings is 1. The van der Waals surface area contributed by atoms with Crippen LogP contribution < -0.4 is 0 Å². The summed E-state index contributed by atoms with van der Waals surface area (Å²) < 4.78 is 0. The molecule has 0 aromatic rings. The normalized spacial score (nSPS) is 21.6. The lowest BCUT2D eigenvalue weighted by Gasteiger charge is -2.40. The van der Waals surface area contributed by atoms with Crippen molar-refractivity contribution in [2.24, 2.45) is 17.3 Å². The average Bonchev–Trinajstić information content (AvgIpc) is 2.64. The largest absolute Gasteiger partial charge is 0.341 e. The highest BCUT2D eigenvalue weighted by Gasteiger charge is 2.35. The Morgan fingerprint density at radius 1 is 0.926 bits per heavy atom. The molecular weight excluding hydrogens is 342 g/mol. The highest BCUT2D eigenvalue weighted by atomic mass is 16.2. The Bertz CT molecular complexity index is 545. The first-order valence-corrected chi connectivity index (χ1v) is 10.5. The van der Waals surface area contributed by atoms with E-state index in [0.717, 1.165) is 25.8 Å². The molecule has 2 aliphatic heterocycles. The molecule has 1 unspecified atom stereocenters. The summed E-state index contributed by atoms with van der Waals surface area (Å²) in [6, 6.07) is 0. The molecule has 0 aliphatic carbocycles. The van der Waals surface area contributed by atoms with Crippen LogP contribution in [0.4, 0.5) is 0 Å². The molecule has 27 heavy (non-hydrogen) atoms. The number of likely N-dealkylation sites (tertiary alicyclic amines) is 1. The van der Waals surface area contributed by atoms with Gasteiger partial charge in [-0.15, -0.1) is 0 Å². The minimum Gasteiger partial charge on any atom is -0.341 e. The Morgan fingerprint density at radius 3 is 2.07 bits per heavy atom. The van der Waals surface area contributed by atoms with Gasteiger partial charge in [-0.25, -0.2) is 0 Å². The number of carbonyl (C=O) groups is 3. The monoisotopic (exact) mass is 379 g/mol. The lowest BCUT2D eigenvalue weighted by molar-refractivity contribution is -0.147. The second-order valence-electron chi connectivity index (χ2n) is 9.48. The van der Waals surface area contributed by atoms with Crippen LogP contribution in [0.25, 0.3) is 0 Å². The van der Waals surface area contributed by atoms with Crippen molar-refractivity contribution in [3.05, 3.63) is 0 Å². The molecule has 2 aliphatic rings. The first kappa shape index (κ1) is 21.7. The van der Waals surface area contributed by atoms with Gasteiger partial charge in [-0.3, -0.25) is 14.4 Å². The highest BCUT2D eigenvalue weighted by molar-refractivity contribution is 5.84. The molecular formula is C21H37N3O3. The van der Waals surface area contributed by atoms with E-state index in [4.69, 9.17) is 0 Å². The second-order valence-corrected chi connectivity index (χ2v) is 9.48. The summed E-state index contributed by atoms with van der Waals surface area (Å²) in [6.07, 6.45) is 3.24. The third-order valence-electron chi connectivity index (χ3n) is 5.58. The van der Waals surface area contributed by atoms with Crippen molar-refractivity contribution < 1.29 is 14.4 Å². The van der Waals surface area contributed by atoms with Crippen LogP contribution in [0.2, 0.25) is 0 Å². The number of nitrogens with zero attached hydrogens (tertiary/aromatic N) is 3. The van der Waals surface area contributed by atoms with Crippen molar-refractivity contribution in [2.45, 2.75) is 60.3 Å². The minimum absolute atomic E-state index is 0.103. The fourth-order valence-electron chi connectivity index (χ4n) is 3.84. The van der Waals surface area contributed by atoms with Gasteiger partial charge in [0.05, 0.1) is 5.92 Å². The lowest BCUT2D eigenvalue weighted by atomic mass is 9.90. The highest BCUT2D eigenvalue weighted by Crippen LogP contribution is 2.25. The van der Waals surface area contributed by atoms with E-state index in [1.807, 2.05) is 35.5 Å². The van der Waals surface area contributed by atoms with E-state index in [1.165, 1.54) is 0 Å². The maximum absolute atomic E-state index is 12.9. The molecule has 0 spiro atoms. The predicted octanol–water partition coefficient (Wildman–Crippen LogP) is 2.38. The fourth-order valence-corrected chi connectivity index (χ4v) is 3.84. The molecule has 154 valence electrons. The van der Waals surface area contributed by atoms with Crippen molar-refractivity contribution in [3.63, 3.8) is 0 Å². The zero-order valence-electron chi connectivity index (χ0n) is 17.8. The van der Waals surface area contributed by atoms with Gasteiger partial charge in [0, 0.05) is 51.1 Å². The van der Waals surface area contributed by atoms with Gasteiger partial charge in [0.2, 0.25) is 17.7 Å². The van der Waals surface area contributed by atoms with Crippen molar-refractivity contribution >= 4 is 17.7 Å². The number of hydrogen-bond acceptors (Lipinski definition) is 3. The zero-order valence-corrected chi connectivity index (χ0v) is 17.8. The van der Waals surface area contributed by atoms with Gasteiger partial charge in [0.25, 0.3) is 0 Å². The van der Waals surface area contributed by atoms with Crippen LogP contribution >= 0.6 is 0 Å². The lowest BCUT2D eigenvalue weighted by Crippen LogP contribution is -2.54. The Kier molecular flexibility index (Phi) is 7.29. The Balaban J connectivity index is 1.84. The summed E-state index contributed by atoms with van der Waals surface area (Å²) in [5.74, 6) is 0.904. The summed E-state index contributed by atoms with van der Waals surface area (Å²) in [5.41, 5.74) is -0.410. The van der Waals surface area contributed by atoms with Crippen molar-refractivity contribution in [1.29, 1.82) is 0 Å². The van der Waals surface area contributed by atoms with Gasteiger partial charge in [0.1, 0.15) is 0 Å². The molecule has 2 rings (SSSR count). The van der Waals surface area contributed by atoms with E-state index in [9.17, 15) is 14.4 Å². The number of carbonyl (C=O) groups excluding carboxylic acids is 3. The molecule has 0 aromatic carbocycles. The van der Waals surface area contributed by atoms with E-state index >= 15 is 0 Å². The van der Waals surface area contributed by atoms with E-state index in [0.29, 0.717) is 45.1 Å². The third kappa shape index (κ3) is 5.94. The Hall–Kier alpha value is -1.59. The van der Waals surface area contributed by atoms with E-state index in [1.54, 1.807) is 0 Å². The van der Waals surface area contributed by atoms with Crippen LogP contribution in [-0.4, -0.2) is 71.7 Å². The molecule has 3 amide bonds. The maximum Gasteiger partial charge on any atom is 0.227 e. The van der Waals surface area contributed by atoms with Gasteiger partial charge in [0.15, 0.2) is 0 Å². The Labute approximate surface area is 164 Å². The molecule has 6 heteroatoms. The zero-order chi connectivity index (χ0) is 20.2. The van der Waals surface area contributed by atoms with E-state index in [-0.39, 0.29) is 23.6 Å². The number of rotatable bonds is 4. The number of piperazine rings is 1. The van der Waals surface area contributed by atoms with Gasteiger partial charge < -0.3 is 14.7 Å². The molecule has 2 saturated heterocycles. The number of amides is 3. The maximum atomic E-state index is 12.9. The summed E-state index contributed by atoms with van der Waals surface area (Å²) in [7, 11) is 0. The van der Waals surface area contributed by atoms with Crippen LogP contribution in [0, 0.1) is 17.3 Å². The molecule has 1 atom stereocenters. The first-order valence-electron chi connectivity index (χ1n) is 10.5. The quantitative estimate of drug-likeness (QED) is 0.753. The van der Waals surface area contributed by atoms with E-state index < -0.39 is 5.41 Å². The Morgan fingerprint density at radius 2 is 1.52 bits per heavy atom. The molecule has 0 radical (unpaired) electrons. The molecule has 2 heterocycles. The van der Waals surface area contributed by atoms with Crippen LogP contribution in [-0.2, 0) is 14.4 Å². The van der Waals surface area contributed by atoms with Gasteiger partial charge in [-0.1, -0.05) is 34.6 Å². The molecule has 6 nitrogen and oxygen atoms in total. The summed E-state index contributed by atoms with van der Waals surface area (Å²) in [4.78, 5) is 43.4. The van der Waals surface area contributed by atoms with Crippen LogP contribution in [0.5, 0.6) is 0 Å². The molecule has 0 saturated carbocycles. The van der Waals surface area contributed by atoms with Gasteiger partial charge in [-0.2, -0.15) is 0 Å². The standard InChI is InChI=1S/C21H37N3O3/c1-16(2)8-9-18(25)22-11-13-23(14-12-22)19(26)17-7-6-10-24(15-17)20(27)21(3,4)5/h16-17H,6-15H2,1-5H3. The fraction of sp³-hybridized carbons (Fsp3) is 0.857. The van der Waals surface area contributed by atoms with Gasteiger partial charge in [-0.05, 0) is 25.2 Å². The molecule has 2 fully saturated rings. The third-order valence-corrected chi connectivity index (χ3v) is 5.58.